The number of methoxy groups -OCH3 is 1. The first-order valence-corrected chi connectivity index (χ1v) is 14.3. The van der Waals surface area contributed by atoms with E-state index >= 15 is 0 Å². The Morgan fingerprint density at radius 3 is 1.52 bits per heavy atom. The molecular weight excluding hydrogens is 536 g/mol. The summed E-state index contributed by atoms with van der Waals surface area (Å²) in [5, 5.41) is 0. The van der Waals surface area contributed by atoms with Crippen molar-refractivity contribution in [3.05, 3.63) is 101 Å². The second-order valence-corrected chi connectivity index (χ2v) is 10.7. The van der Waals surface area contributed by atoms with Crippen LogP contribution in [0.1, 0.15) is 41.5 Å². The normalized spacial score (nSPS) is 19.3. The van der Waals surface area contributed by atoms with Crippen molar-refractivity contribution in [3.8, 4) is 40.2 Å². The van der Waals surface area contributed by atoms with Gasteiger partial charge in [0.15, 0.2) is 0 Å². The summed E-state index contributed by atoms with van der Waals surface area (Å²) in [5.74, 6) is 2.44. The maximum atomic E-state index is 6.51. The summed E-state index contributed by atoms with van der Waals surface area (Å²) < 4.78 is 50.3. The van der Waals surface area contributed by atoms with Crippen molar-refractivity contribution in [2.24, 2.45) is 0 Å². The zero-order valence-electron chi connectivity index (χ0n) is 23.2. The standard InChI is InChI=1S/C34H30O8/c1-35-22-9-12-30-26(19-22)34(36-15-4-5-16-37-34)28-21-24(11-14-32(28)42-30)40-23-10-13-31-27(20-23)33(38-17-6-18-39-33)25-7-2-3-8-29(25)41-31/h2-3,7-14,19-21H,4-6,15-18H2,1H3. The van der Waals surface area contributed by atoms with Crippen molar-refractivity contribution >= 4 is 0 Å². The molecule has 0 aromatic heterocycles. The van der Waals surface area contributed by atoms with E-state index in [2.05, 4.69) is 0 Å². The van der Waals surface area contributed by atoms with Crippen LogP contribution in [0.4, 0.5) is 0 Å². The molecule has 2 fully saturated rings. The molecule has 2 saturated heterocycles. The van der Waals surface area contributed by atoms with E-state index in [0.29, 0.717) is 60.9 Å². The lowest BCUT2D eigenvalue weighted by Gasteiger charge is -2.41. The van der Waals surface area contributed by atoms with Crippen LogP contribution < -0.4 is 18.9 Å². The molecule has 8 rings (SSSR count). The van der Waals surface area contributed by atoms with Crippen molar-refractivity contribution in [1.29, 1.82) is 0 Å². The zero-order chi connectivity index (χ0) is 28.1. The summed E-state index contributed by atoms with van der Waals surface area (Å²) in [4.78, 5) is 0. The highest BCUT2D eigenvalue weighted by Crippen LogP contribution is 2.54. The van der Waals surface area contributed by atoms with Gasteiger partial charge in [0.05, 0.1) is 55.8 Å². The minimum absolute atomic E-state index is 0.551. The molecule has 0 N–H and O–H groups in total. The van der Waals surface area contributed by atoms with Crippen LogP contribution in [0.2, 0.25) is 0 Å². The molecule has 0 unspecified atom stereocenters. The largest absolute Gasteiger partial charge is 0.497 e. The number of ether oxygens (including phenoxy) is 8. The Balaban J connectivity index is 1.19. The fraction of sp³-hybridized carbons (Fsp3) is 0.294. The monoisotopic (exact) mass is 566 g/mol. The molecule has 4 heterocycles. The number of benzene rings is 4. The minimum atomic E-state index is -1.14. The maximum Gasteiger partial charge on any atom is 0.229 e. The third-order valence-corrected chi connectivity index (χ3v) is 8.12. The van der Waals surface area contributed by atoms with Crippen LogP contribution >= 0.6 is 0 Å². The zero-order valence-corrected chi connectivity index (χ0v) is 23.2. The average Bonchev–Trinajstić information content (AvgIpc) is 3.29. The topological polar surface area (TPSA) is 73.8 Å². The summed E-state index contributed by atoms with van der Waals surface area (Å²) in [6.07, 6.45) is 2.63. The first-order valence-electron chi connectivity index (χ1n) is 14.3. The van der Waals surface area contributed by atoms with Crippen molar-refractivity contribution < 1.29 is 37.9 Å². The van der Waals surface area contributed by atoms with Crippen LogP contribution in [-0.4, -0.2) is 33.5 Å². The lowest BCUT2D eigenvalue weighted by atomic mass is 9.92. The van der Waals surface area contributed by atoms with Crippen molar-refractivity contribution in [1.82, 2.24) is 0 Å². The van der Waals surface area contributed by atoms with Gasteiger partial charge < -0.3 is 37.9 Å². The highest BCUT2D eigenvalue weighted by Gasteiger charge is 2.48. The molecule has 4 aromatic rings. The SMILES string of the molecule is COc1ccc2c(c1)C1(OCCCCO1)c1cc(Oc3ccc4c(c3)C3(OCCCO3)c3ccccc3O4)ccc1O2. The van der Waals surface area contributed by atoms with Crippen LogP contribution in [0.25, 0.3) is 0 Å². The van der Waals surface area contributed by atoms with Crippen molar-refractivity contribution in [2.45, 2.75) is 30.8 Å². The Kier molecular flexibility index (Phi) is 6.12. The number of fused-ring (bicyclic) bond motifs is 8. The van der Waals surface area contributed by atoms with Gasteiger partial charge in [-0.25, -0.2) is 0 Å². The molecule has 4 aliphatic heterocycles. The van der Waals surface area contributed by atoms with Crippen LogP contribution in [0.15, 0.2) is 78.9 Å². The fourth-order valence-electron chi connectivity index (χ4n) is 6.14. The van der Waals surface area contributed by atoms with E-state index in [1.165, 1.54) is 0 Å². The predicted molar refractivity (Wildman–Crippen MR) is 152 cm³/mol. The third kappa shape index (κ3) is 3.98. The molecule has 0 bridgehead atoms. The number of para-hydroxylation sites is 1. The molecule has 0 atom stereocenters. The predicted octanol–water partition coefficient (Wildman–Crippen LogP) is 7.37. The van der Waals surface area contributed by atoms with E-state index in [0.717, 1.165) is 47.3 Å². The lowest BCUT2D eigenvalue weighted by molar-refractivity contribution is -0.252. The summed E-state index contributed by atoms with van der Waals surface area (Å²) in [6, 6.07) is 24.9. The number of rotatable bonds is 3. The van der Waals surface area contributed by atoms with Crippen molar-refractivity contribution in [3.63, 3.8) is 0 Å². The Bertz CT molecular complexity index is 1650. The second-order valence-electron chi connectivity index (χ2n) is 10.7. The number of hydrogen-bond donors (Lipinski definition) is 0. The Hall–Kier alpha value is -4.08. The van der Waals surface area contributed by atoms with Gasteiger partial charge in [-0.3, -0.25) is 0 Å². The molecule has 0 saturated carbocycles. The van der Waals surface area contributed by atoms with E-state index < -0.39 is 11.6 Å². The van der Waals surface area contributed by atoms with Gasteiger partial charge in [0.2, 0.25) is 11.6 Å². The van der Waals surface area contributed by atoms with Gasteiger partial charge in [0.1, 0.15) is 40.2 Å². The minimum Gasteiger partial charge on any atom is -0.497 e. The second kappa shape index (κ2) is 10.0. The highest BCUT2D eigenvalue weighted by molar-refractivity contribution is 5.60. The van der Waals surface area contributed by atoms with E-state index in [1.807, 2.05) is 78.9 Å². The summed E-state index contributed by atoms with van der Waals surface area (Å²) in [6.45, 7) is 2.27. The first kappa shape index (κ1) is 25.6. The Morgan fingerprint density at radius 1 is 0.500 bits per heavy atom. The lowest BCUT2D eigenvalue weighted by Crippen LogP contribution is -2.41. The maximum absolute atomic E-state index is 6.51. The summed E-state index contributed by atoms with van der Waals surface area (Å²) >= 11 is 0. The van der Waals surface area contributed by atoms with Crippen LogP contribution in [0.3, 0.4) is 0 Å². The van der Waals surface area contributed by atoms with Crippen molar-refractivity contribution in [2.75, 3.05) is 33.5 Å². The molecular formula is C34H30O8. The molecule has 4 aliphatic rings. The summed E-state index contributed by atoms with van der Waals surface area (Å²) in [7, 11) is 1.64. The van der Waals surface area contributed by atoms with Crippen LogP contribution in [-0.2, 0) is 30.5 Å². The molecule has 8 nitrogen and oxygen atoms in total. The molecule has 0 radical (unpaired) electrons. The van der Waals surface area contributed by atoms with Crippen LogP contribution in [0.5, 0.6) is 40.2 Å². The molecule has 0 amide bonds. The molecule has 42 heavy (non-hydrogen) atoms. The summed E-state index contributed by atoms with van der Waals surface area (Å²) in [5.41, 5.74) is 3.13. The van der Waals surface area contributed by atoms with Gasteiger partial charge in [-0.2, -0.15) is 0 Å². The van der Waals surface area contributed by atoms with E-state index in [9.17, 15) is 0 Å². The van der Waals surface area contributed by atoms with E-state index in [4.69, 9.17) is 37.9 Å². The third-order valence-electron chi connectivity index (χ3n) is 8.12. The Morgan fingerprint density at radius 2 is 0.952 bits per heavy atom. The van der Waals surface area contributed by atoms with Gasteiger partial charge in [-0.05, 0) is 86.0 Å². The highest BCUT2D eigenvalue weighted by atomic mass is 16.7. The van der Waals surface area contributed by atoms with Crippen LogP contribution in [0, 0.1) is 0 Å². The van der Waals surface area contributed by atoms with Gasteiger partial charge in [0.25, 0.3) is 0 Å². The Labute approximate surface area is 243 Å². The molecule has 2 spiro atoms. The fourth-order valence-corrected chi connectivity index (χ4v) is 6.14. The molecule has 214 valence electrons. The smallest absolute Gasteiger partial charge is 0.229 e. The van der Waals surface area contributed by atoms with Gasteiger partial charge in [0, 0.05) is 0 Å². The number of hydrogen-bond acceptors (Lipinski definition) is 8. The molecule has 4 aromatic carbocycles. The molecule has 8 heteroatoms. The van der Waals surface area contributed by atoms with Gasteiger partial charge >= 0.3 is 0 Å². The van der Waals surface area contributed by atoms with Gasteiger partial charge in [-0.1, -0.05) is 12.1 Å². The van der Waals surface area contributed by atoms with Gasteiger partial charge in [-0.15, -0.1) is 0 Å². The first-order chi connectivity index (χ1) is 20.7. The van der Waals surface area contributed by atoms with E-state index in [1.54, 1.807) is 7.11 Å². The quantitative estimate of drug-likeness (QED) is 0.255. The average molecular weight is 567 g/mol. The van der Waals surface area contributed by atoms with E-state index in [-0.39, 0.29) is 0 Å². The molecule has 0 aliphatic carbocycles.